The molecule has 1 saturated heterocycles. The van der Waals surface area contributed by atoms with Gasteiger partial charge in [0, 0.05) is 42.9 Å². The summed E-state index contributed by atoms with van der Waals surface area (Å²) < 4.78 is 1.85. The van der Waals surface area contributed by atoms with Crippen molar-refractivity contribution in [1.29, 1.82) is 0 Å². The summed E-state index contributed by atoms with van der Waals surface area (Å²) >= 11 is 0. The van der Waals surface area contributed by atoms with Crippen LogP contribution in [0.15, 0.2) is 18.3 Å². The molecule has 2 fully saturated rings. The number of carbonyl (C=O) groups is 1. The quantitative estimate of drug-likeness (QED) is 0.938. The maximum atomic E-state index is 12.3. The van der Waals surface area contributed by atoms with Gasteiger partial charge in [-0.05, 0) is 31.6 Å². The van der Waals surface area contributed by atoms with Crippen molar-refractivity contribution in [3.05, 3.63) is 24.0 Å². The number of piperidine rings is 1. The molecule has 4 rings (SSSR count). The van der Waals surface area contributed by atoms with Crippen LogP contribution in [0.5, 0.6) is 0 Å². The molecule has 0 aromatic carbocycles. The lowest BCUT2D eigenvalue weighted by Crippen LogP contribution is -2.46. The largest absolute Gasteiger partial charge is 0.365 e. The number of amides is 1. The van der Waals surface area contributed by atoms with Gasteiger partial charge in [-0.3, -0.25) is 4.79 Å². The molecule has 2 aromatic rings. The van der Waals surface area contributed by atoms with Crippen molar-refractivity contribution < 1.29 is 4.79 Å². The Labute approximate surface area is 142 Å². The Morgan fingerprint density at radius 2 is 2.17 bits per heavy atom. The van der Waals surface area contributed by atoms with E-state index in [4.69, 9.17) is 0 Å². The Kier molecular flexibility index (Phi) is 3.90. The number of fused-ring (bicyclic) bond motifs is 1. The lowest BCUT2D eigenvalue weighted by atomic mass is 10.0. The Hall–Kier alpha value is -2.11. The van der Waals surface area contributed by atoms with Crippen LogP contribution < -0.4 is 5.32 Å². The number of anilines is 1. The summed E-state index contributed by atoms with van der Waals surface area (Å²) in [5.41, 5.74) is 1.93. The van der Waals surface area contributed by atoms with Gasteiger partial charge in [0.2, 0.25) is 5.91 Å². The molecule has 2 aliphatic rings. The molecule has 1 aliphatic carbocycles. The minimum Gasteiger partial charge on any atom is -0.365 e. The van der Waals surface area contributed by atoms with E-state index < -0.39 is 0 Å². The average Bonchev–Trinajstić information content (AvgIpc) is 3.31. The third kappa shape index (κ3) is 2.97. The molecule has 2 aromatic heterocycles. The summed E-state index contributed by atoms with van der Waals surface area (Å²) in [6.07, 6.45) is 6.06. The number of nitrogens with zero attached hydrogens (tertiary/aromatic N) is 4. The molecule has 1 saturated carbocycles. The van der Waals surface area contributed by atoms with E-state index in [1.807, 2.05) is 15.5 Å². The number of carbonyl (C=O) groups excluding carboxylic acids is 1. The second-order valence-corrected chi connectivity index (χ2v) is 7.36. The maximum absolute atomic E-state index is 12.3. The van der Waals surface area contributed by atoms with Gasteiger partial charge in [-0.1, -0.05) is 13.8 Å². The summed E-state index contributed by atoms with van der Waals surface area (Å²) in [6.45, 7) is 5.99. The number of likely N-dealkylation sites (tertiary alicyclic amines) is 1. The van der Waals surface area contributed by atoms with Crippen molar-refractivity contribution in [3.63, 3.8) is 0 Å². The molecule has 1 N–H and O–H groups in total. The molecule has 6 heteroatoms. The van der Waals surface area contributed by atoms with Crippen molar-refractivity contribution in [2.45, 2.75) is 51.5 Å². The lowest BCUT2D eigenvalue weighted by molar-refractivity contribution is -0.133. The van der Waals surface area contributed by atoms with E-state index in [2.05, 4.69) is 35.3 Å². The highest BCUT2D eigenvalue weighted by Gasteiger charge is 2.35. The van der Waals surface area contributed by atoms with Crippen LogP contribution in [0.2, 0.25) is 0 Å². The number of aromatic nitrogens is 3. The minimum atomic E-state index is 0.274. The van der Waals surface area contributed by atoms with Crippen molar-refractivity contribution in [2.24, 2.45) is 5.92 Å². The van der Waals surface area contributed by atoms with Crippen LogP contribution in [0, 0.1) is 5.92 Å². The topological polar surface area (TPSA) is 62.5 Å². The van der Waals surface area contributed by atoms with E-state index in [9.17, 15) is 4.79 Å². The van der Waals surface area contributed by atoms with Crippen LogP contribution in [0.3, 0.4) is 0 Å². The summed E-state index contributed by atoms with van der Waals surface area (Å²) in [5.74, 6) is 1.99. The zero-order valence-corrected chi connectivity index (χ0v) is 14.4. The van der Waals surface area contributed by atoms with E-state index in [1.54, 1.807) is 6.20 Å². The van der Waals surface area contributed by atoms with Gasteiger partial charge >= 0.3 is 0 Å². The van der Waals surface area contributed by atoms with Crippen molar-refractivity contribution >= 4 is 17.4 Å². The molecule has 6 nitrogen and oxygen atoms in total. The Balaban J connectivity index is 1.54. The fourth-order valence-electron chi connectivity index (χ4n) is 3.42. The third-order valence-electron chi connectivity index (χ3n) is 4.98. The van der Waals surface area contributed by atoms with Crippen molar-refractivity contribution in [2.75, 3.05) is 18.4 Å². The molecule has 0 radical (unpaired) electrons. The Morgan fingerprint density at radius 3 is 2.92 bits per heavy atom. The first kappa shape index (κ1) is 15.4. The first-order valence-corrected chi connectivity index (χ1v) is 9.02. The van der Waals surface area contributed by atoms with Gasteiger partial charge in [-0.25, -0.2) is 4.98 Å². The Morgan fingerprint density at radius 1 is 1.33 bits per heavy atom. The predicted molar refractivity (Wildman–Crippen MR) is 93.0 cm³/mol. The maximum Gasteiger partial charge on any atom is 0.225 e. The van der Waals surface area contributed by atoms with Gasteiger partial charge < -0.3 is 10.2 Å². The molecule has 1 unspecified atom stereocenters. The number of hydrogen-bond donors (Lipinski definition) is 1. The molecule has 1 atom stereocenters. The molecule has 128 valence electrons. The zero-order chi connectivity index (χ0) is 16.7. The first-order valence-electron chi connectivity index (χ1n) is 9.02. The highest BCUT2D eigenvalue weighted by atomic mass is 16.2. The predicted octanol–water partition coefficient (Wildman–Crippen LogP) is 2.67. The van der Waals surface area contributed by atoms with E-state index in [0.717, 1.165) is 55.9 Å². The zero-order valence-electron chi connectivity index (χ0n) is 14.4. The number of nitrogens with one attached hydrogen (secondary N) is 1. The van der Waals surface area contributed by atoms with Crippen LogP contribution >= 0.6 is 0 Å². The van der Waals surface area contributed by atoms with Gasteiger partial charge in [-0.2, -0.15) is 9.61 Å². The second-order valence-electron chi connectivity index (χ2n) is 7.36. The van der Waals surface area contributed by atoms with Gasteiger partial charge in [0.1, 0.15) is 5.82 Å². The smallest absolute Gasteiger partial charge is 0.225 e. The number of rotatable bonds is 4. The molecule has 1 amide bonds. The minimum absolute atomic E-state index is 0.274. The monoisotopic (exact) mass is 327 g/mol. The highest BCUT2D eigenvalue weighted by molar-refractivity contribution is 5.81. The van der Waals surface area contributed by atoms with Crippen LogP contribution in [0.25, 0.3) is 5.65 Å². The summed E-state index contributed by atoms with van der Waals surface area (Å²) in [6, 6.07) is 4.30. The van der Waals surface area contributed by atoms with Crippen LogP contribution in [-0.2, 0) is 4.79 Å². The molecule has 24 heavy (non-hydrogen) atoms. The fraction of sp³-hybridized carbons (Fsp3) is 0.611. The fourth-order valence-corrected chi connectivity index (χ4v) is 3.42. The second kappa shape index (κ2) is 6.07. The van der Waals surface area contributed by atoms with Gasteiger partial charge in [-0.15, -0.1) is 0 Å². The van der Waals surface area contributed by atoms with Gasteiger partial charge in [0.25, 0.3) is 0 Å². The average molecular weight is 327 g/mol. The normalized spacial score (nSPS) is 21.5. The molecule has 0 spiro atoms. The molecule has 3 heterocycles. The van der Waals surface area contributed by atoms with Gasteiger partial charge in [0.15, 0.2) is 5.65 Å². The Bertz CT molecular complexity index is 749. The van der Waals surface area contributed by atoms with Crippen molar-refractivity contribution in [1.82, 2.24) is 19.5 Å². The lowest BCUT2D eigenvalue weighted by Gasteiger charge is -2.34. The van der Waals surface area contributed by atoms with Crippen LogP contribution in [0.1, 0.15) is 51.1 Å². The van der Waals surface area contributed by atoms with Crippen molar-refractivity contribution in [3.8, 4) is 0 Å². The van der Waals surface area contributed by atoms with E-state index >= 15 is 0 Å². The highest BCUT2D eigenvalue weighted by Crippen LogP contribution is 2.32. The van der Waals surface area contributed by atoms with E-state index in [0.29, 0.717) is 17.7 Å². The summed E-state index contributed by atoms with van der Waals surface area (Å²) in [5, 5.41) is 8.00. The molecular formula is C18H25N5O. The van der Waals surface area contributed by atoms with Crippen LogP contribution in [-0.4, -0.2) is 44.5 Å². The third-order valence-corrected chi connectivity index (χ3v) is 4.98. The van der Waals surface area contributed by atoms with E-state index in [1.165, 1.54) is 0 Å². The standard InChI is InChI=1S/C18H25N5O/c1-12(2)15-10-17(23-16(21-15)7-8-19-23)20-14-4-3-9-22(11-14)18(24)13-5-6-13/h7-8,10,12-14,20H,3-6,9,11H2,1-2H3. The molecule has 1 aliphatic heterocycles. The van der Waals surface area contributed by atoms with Gasteiger partial charge in [0.05, 0.1) is 6.20 Å². The first-order chi connectivity index (χ1) is 11.6. The van der Waals surface area contributed by atoms with Crippen LogP contribution in [0.4, 0.5) is 5.82 Å². The molecule has 0 bridgehead atoms. The summed E-state index contributed by atoms with van der Waals surface area (Å²) in [7, 11) is 0. The number of hydrogen-bond acceptors (Lipinski definition) is 4. The molecular weight excluding hydrogens is 302 g/mol. The SMILES string of the molecule is CC(C)c1cc(NC2CCCN(C(=O)C3CC3)C2)n2nccc2n1. The van der Waals surface area contributed by atoms with E-state index in [-0.39, 0.29) is 6.04 Å². The summed E-state index contributed by atoms with van der Waals surface area (Å²) in [4.78, 5) is 19.0.